The number of carbonyl (C=O) groups is 2. The lowest BCUT2D eigenvalue weighted by Gasteiger charge is -2.13. The minimum atomic E-state index is -1.20. The highest BCUT2D eigenvalue weighted by molar-refractivity contribution is 6.49. The minimum Gasteiger partial charge on any atom is -0.517 e. The number of rotatable bonds is 10. The third-order valence-electron chi connectivity index (χ3n) is 3.63. The molecular weight excluding hydrogens is 344 g/mol. The molecule has 1 rings (SSSR count). The predicted molar refractivity (Wildman–Crippen MR) is 99.1 cm³/mol. The fourth-order valence-electron chi connectivity index (χ4n) is 2.11. The molecule has 1 aromatic rings. The summed E-state index contributed by atoms with van der Waals surface area (Å²) in [6, 6.07) is 7.22. The van der Waals surface area contributed by atoms with Crippen LogP contribution in [0.1, 0.15) is 39.5 Å². The quantitative estimate of drug-likeness (QED) is 0.362. The number of esters is 1. The summed E-state index contributed by atoms with van der Waals surface area (Å²) in [5.74, 6) is -0.660. The molecular formula is C18H25ClO4Si. The van der Waals surface area contributed by atoms with Crippen molar-refractivity contribution in [1.82, 2.24) is 0 Å². The molecule has 0 saturated carbocycles. The van der Waals surface area contributed by atoms with Gasteiger partial charge in [-0.2, -0.15) is 0 Å². The normalized spacial score (nSPS) is 12.6. The Kier molecular flexibility index (Phi) is 10.1. The Morgan fingerprint density at radius 1 is 1.25 bits per heavy atom. The molecule has 0 aliphatic rings. The van der Waals surface area contributed by atoms with E-state index in [4.69, 9.17) is 20.8 Å². The van der Waals surface area contributed by atoms with Crippen molar-refractivity contribution in [3.05, 3.63) is 41.4 Å². The maximum atomic E-state index is 11.6. The lowest BCUT2D eigenvalue weighted by Crippen LogP contribution is -2.20. The van der Waals surface area contributed by atoms with Crippen LogP contribution in [0.5, 0.6) is 0 Å². The highest BCUT2D eigenvalue weighted by atomic mass is 35.5. The van der Waals surface area contributed by atoms with Crippen molar-refractivity contribution in [1.29, 1.82) is 0 Å². The van der Waals surface area contributed by atoms with Gasteiger partial charge < -0.3 is 9.16 Å². The van der Waals surface area contributed by atoms with Gasteiger partial charge in [-0.15, -0.1) is 0 Å². The Balaban J connectivity index is 2.31. The molecule has 0 saturated heterocycles. The first-order valence-corrected chi connectivity index (χ1v) is 9.97. The summed E-state index contributed by atoms with van der Waals surface area (Å²) in [5, 5.41) is 1.54. The van der Waals surface area contributed by atoms with Gasteiger partial charge in [-0.1, -0.05) is 56.8 Å². The molecule has 1 aromatic carbocycles. The van der Waals surface area contributed by atoms with Crippen molar-refractivity contribution in [2.24, 2.45) is 5.92 Å². The molecule has 0 N–H and O–H groups in total. The molecule has 0 aliphatic carbocycles. The maximum Gasteiger partial charge on any atom is 0.331 e. The Morgan fingerprint density at radius 3 is 2.67 bits per heavy atom. The van der Waals surface area contributed by atoms with E-state index in [0.29, 0.717) is 17.5 Å². The van der Waals surface area contributed by atoms with E-state index in [1.165, 1.54) is 0 Å². The maximum absolute atomic E-state index is 11.6. The highest BCUT2D eigenvalue weighted by Gasteiger charge is 2.09. The van der Waals surface area contributed by atoms with Crippen LogP contribution < -0.4 is 5.19 Å². The lowest BCUT2D eigenvalue weighted by atomic mass is 10.0. The molecule has 0 amide bonds. The fraction of sp³-hybridized carbons (Fsp3) is 0.444. The Morgan fingerprint density at radius 2 is 2.00 bits per heavy atom. The van der Waals surface area contributed by atoms with Gasteiger partial charge in [0.05, 0.1) is 6.61 Å². The third kappa shape index (κ3) is 8.89. The summed E-state index contributed by atoms with van der Waals surface area (Å²) < 4.78 is 10.4. The van der Waals surface area contributed by atoms with Crippen LogP contribution in [0.2, 0.25) is 5.02 Å². The van der Waals surface area contributed by atoms with Gasteiger partial charge in [0.2, 0.25) is 0 Å². The number of benzene rings is 1. The third-order valence-corrected chi connectivity index (χ3v) is 5.07. The van der Waals surface area contributed by atoms with Crippen molar-refractivity contribution in [3.8, 4) is 0 Å². The second-order valence-electron chi connectivity index (χ2n) is 5.62. The number of hydrogen-bond donors (Lipinski definition) is 0. The van der Waals surface area contributed by atoms with E-state index in [0.717, 1.165) is 43.0 Å². The van der Waals surface area contributed by atoms with Crippen molar-refractivity contribution in [2.45, 2.75) is 39.5 Å². The zero-order chi connectivity index (χ0) is 17.8. The van der Waals surface area contributed by atoms with Crippen molar-refractivity contribution in [2.75, 3.05) is 6.61 Å². The molecule has 0 radical (unpaired) electrons. The molecule has 0 fully saturated rings. The van der Waals surface area contributed by atoms with Crippen LogP contribution in [0.15, 0.2) is 36.4 Å². The van der Waals surface area contributed by atoms with Crippen LogP contribution in [0.25, 0.3) is 0 Å². The van der Waals surface area contributed by atoms with Crippen molar-refractivity contribution < 1.29 is 18.8 Å². The summed E-state index contributed by atoms with van der Waals surface area (Å²) >= 11 is 5.87. The van der Waals surface area contributed by atoms with E-state index in [1.54, 1.807) is 12.1 Å². The molecule has 132 valence electrons. The van der Waals surface area contributed by atoms with Gasteiger partial charge in [-0.25, -0.2) is 9.59 Å². The number of carbonyl (C=O) groups excluding carboxylic acids is 2. The molecule has 0 heterocycles. The first-order chi connectivity index (χ1) is 11.5. The van der Waals surface area contributed by atoms with Gasteiger partial charge in [-0.3, -0.25) is 0 Å². The van der Waals surface area contributed by atoms with Gasteiger partial charge >= 0.3 is 11.9 Å². The molecule has 1 unspecified atom stereocenters. The summed E-state index contributed by atoms with van der Waals surface area (Å²) in [6.07, 6.45) is 6.54. The number of hydrogen-bond acceptors (Lipinski definition) is 4. The Bertz CT molecular complexity index is 560. The van der Waals surface area contributed by atoms with Crippen LogP contribution in [-0.2, 0) is 18.8 Å². The first kappa shape index (κ1) is 20.5. The van der Waals surface area contributed by atoms with Gasteiger partial charge in [0.1, 0.15) is 0 Å². The number of unbranched alkanes of at least 4 members (excludes halogenated alkanes) is 1. The van der Waals surface area contributed by atoms with E-state index < -0.39 is 21.7 Å². The second kappa shape index (κ2) is 11.9. The fourth-order valence-corrected chi connectivity index (χ4v) is 3.39. The van der Waals surface area contributed by atoms with Crippen LogP contribution >= 0.6 is 11.6 Å². The predicted octanol–water partition coefficient (Wildman–Crippen LogP) is 2.91. The molecule has 0 aliphatic heterocycles. The molecule has 0 aromatic heterocycles. The summed E-state index contributed by atoms with van der Waals surface area (Å²) in [5.41, 5.74) is 0. The molecule has 0 bridgehead atoms. The molecule has 1 atom stereocenters. The average Bonchev–Trinajstić information content (AvgIpc) is 2.58. The zero-order valence-corrected chi connectivity index (χ0v) is 16.5. The molecule has 4 nitrogen and oxygen atoms in total. The van der Waals surface area contributed by atoms with E-state index >= 15 is 0 Å². The minimum absolute atomic E-state index is 0.379. The van der Waals surface area contributed by atoms with Gasteiger partial charge in [-0.05, 0) is 29.7 Å². The highest BCUT2D eigenvalue weighted by Crippen LogP contribution is 2.12. The van der Waals surface area contributed by atoms with Gasteiger partial charge in [0.25, 0.3) is 9.76 Å². The van der Waals surface area contributed by atoms with Crippen LogP contribution in [0, 0.1) is 5.92 Å². The van der Waals surface area contributed by atoms with Gasteiger partial charge in [0.15, 0.2) is 0 Å². The molecule has 6 heteroatoms. The van der Waals surface area contributed by atoms with E-state index in [1.807, 2.05) is 12.1 Å². The number of ether oxygens (including phenoxy) is 1. The van der Waals surface area contributed by atoms with Crippen molar-refractivity contribution in [3.63, 3.8) is 0 Å². The summed E-state index contributed by atoms with van der Waals surface area (Å²) in [4.78, 5) is 23.3. The lowest BCUT2D eigenvalue weighted by molar-refractivity contribution is -0.139. The molecule has 0 spiro atoms. The standard InChI is InChI=1S/C18H25ClO4Si/c1-3-5-7-14(4-2)13-22-17(20)10-11-18(21)23-24-16-9-6-8-15(19)12-16/h6,8-12,14H,3-5,7,13,24H2,1-2H3/b11-10-. The Hall–Kier alpha value is -1.59. The van der Waals surface area contributed by atoms with E-state index in [2.05, 4.69) is 13.8 Å². The smallest absolute Gasteiger partial charge is 0.331 e. The van der Waals surface area contributed by atoms with Crippen LogP contribution in [0.4, 0.5) is 0 Å². The van der Waals surface area contributed by atoms with Crippen LogP contribution in [-0.4, -0.2) is 28.3 Å². The van der Waals surface area contributed by atoms with E-state index in [9.17, 15) is 9.59 Å². The summed E-state index contributed by atoms with van der Waals surface area (Å²) in [7, 11) is -1.20. The second-order valence-corrected chi connectivity index (χ2v) is 7.45. The summed E-state index contributed by atoms with van der Waals surface area (Å²) in [6.45, 7) is 4.62. The van der Waals surface area contributed by atoms with Crippen molar-refractivity contribution >= 4 is 38.5 Å². The topological polar surface area (TPSA) is 52.6 Å². The van der Waals surface area contributed by atoms with Gasteiger partial charge in [0, 0.05) is 17.2 Å². The first-order valence-electron chi connectivity index (χ1n) is 8.31. The zero-order valence-electron chi connectivity index (χ0n) is 14.3. The van der Waals surface area contributed by atoms with E-state index in [-0.39, 0.29) is 0 Å². The molecule has 24 heavy (non-hydrogen) atoms. The monoisotopic (exact) mass is 368 g/mol. The van der Waals surface area contributed by atoms with Crippen LogP contribution in [0.3, 0.4) is 0 Å². The number of halogens is 1. The Labute approximate surface area is 151 Å². The average molecular weight is 369 g/mol. The largest absolute Gasteiger partial charge is 0.517 e. The SMILES string of the molecule is CCCCC(CC)COC(=O)/C=C\C(=O)O[SiH2]c1cccc(Cl)c1.